The standard InChI is InChI=1S/C14H15F3O3/c1-9(18)7-8-11(13(19)20-2)10-5-3-4-6-12(10)14(15,16)17/h3-6,11H,7-8H2,1-2H3. The lowest BCUT2D eigenvalue weighted by Gasteiger charge is -2.19. The minimum absolute atomic E-state index is 0.00486. The van der Waals surface area contributed by atoms with Crippen LogP contribution in [0.2, 0.25) is 0 Å². The Morgan fingerprint density at radius 2 is 1.85 bits per heavy atom. The monoisotopic (exact) mass is 288 g/mol. The zero-order chi connectivity index (χ0) is 15.3. The maximum absolute atomic E-state index is 13.0. The summed E-state index contributed by atoms with van der Waals surface area (Å²) in [4.78, 5) is 22.7. The molecule has 0 aliphatic carbocycles. The van der Waals surface area contributed by atoms with Crippen LogP contribution in [0, 0.1) is 0 Å². The Morgan fingerprint density at radius 3 is 2.35 bits per heavy atom. The number of hydrogen-bond acceptors (Lipinski definition) is 3. The summed E-state index contributed by atoms with van der Waals surface area (Å²) in [7, 11) is 1.11. The van der Waals surface area contributed by atoms with E-state index in [1.54, 1.807) is 0 Å². The Hall–Kier alpha value is -1.85. The Labute approximate surface area is 114 Å². The molecule has 1 aromatic rings. The molecule has 0 saturated carbocycles. The Bertz CT molecular complexity index is 495. The predicted molar refractivity (Wildman–Crippen MR) is 66.1 cm³/mol. The van der Waals surface area contributed by atoms with Crippen molar-refractivity contribution in [2.24, 2.45) is 0 Å². The van der Waals surface area contributed by atoms with E-state index in [0.717, 1.165) is 13.2 Å². The van der Waals surface area contributed by atoms with Crippen LogP contribution in [0.4, 0.5) is 13.2 Å². The second-order valence-corrected chi connectivity index (χ2v) is 4.40. The molecule has 0 N–H and O–H groups in total. The van der Waals surface area contributed by atoms with Gasteiger partial charge in [-0.15, -0.1) is 0 Å². The average molecular weight is 288 g/mol. The van der Waals surface area contributed by atoms with Crippen molar-refractivity contribution in [3.8, 4) is 0 Å². The van der Waals surface area contributed by atoms with Gasteiger partial charge in [-0.3, -0.25) is 4.79 Å². The number of esters is 1. The highest BCUT2D eigenvalue weighted by atomic mass is 19.4. The fourth-order valence-electron chi connectivity index (χ4n) is 1.95. The van der Waals surface area contributed by atoms with Gasteiger partial charge in [-0.25, -0.2) is 0 Å². The van der Waals surface area contributed by atoms with Crippen LogP contribution in [0.25, 0.3) is 0 Å². The normalized spacial score (nSPS) is 12.8. The van der Waals surface area contributed by atoms with Crippen molar-refractivity contribution in [3.63, 3.8) is 0 Å². The summed E-state index contributed by atoms with van der Waals surface area (Å²) in [6.07, 6.45) is -4.54. The number of rotatable bonds is 5. The van der Waals surface area contributed by atoms with Crippen LogP contribution in [0.3, 0.4) is 0 Å². The first-order valence-corrected chi connectivity index (χ1v) is 6.00. The smallest absolute Gasteiger partial charge is 0.416 e. The fourth-order valence-corrected chi connectivity index (χ4v) is 1.95. The van der Waals surface area contributed by atoms with E-state index in [2.05, 4.69) is 4.74 Å². The van der Waals surface area contributed by atoms with Crippen LogP contribution in [0.15, 0.2) is 24.3 Å². The van der Waals surface area contributed by atoms with E-state index < -0.39 is 23.6 Å². The molecule has 0 radical (unpaired) electrons. The summed E-state index contributed by atoms with van der Waals surface area (Å²) in [5.74, 6) is -2.06. The van der Waals surface area contributed by atoms with Gasteiger partial charge in [0, 0.05) is 6.42 Å². The van der Waals surface area contributed by atoms with Crippen molar-refractivity contribution < 1.29 is 27.5 Å². The molecule has 6 heteroatoms. The van der Waals surface area contributed by atoms with Crippen LogP contribution in [0.5, 0.6) is 0 Å². The van der Waals surface area contributed by atoms with Crippen LogP contribution >= 0.6 is 0 Å². The molecule has 0 saturated heterocycles. The van der Waals surface area contributed by atoms with Crippen LogP contribution in [-0.2, 0) is 20.5 Å². The molecule has 1 atom stereocenters. The summed E-state index contributed by atoms with van der Waals surface area (Å²) >= 11 is 0. The molecule has 0 aliphatic rings. The Kier molecular flexibility index (Phi) is 5.30. The molecule has 1 aromatic carbocycles. The molecular weight excluding hydrogens is 273 g/mol. The SMILES string of the molecule is COC(=O)C(CCC(C)=O)c1ccccc1C(F)(F)F. The zero-order valence-corrected chi connectivity index (χ0v) is 11.2. The van der Waals surface area contributed by atoms with Crippen molar-refractivity contribution in [1.29, 1.82) is 0 Å². The molecule has 0 fully saturated rings. The topological polar surface area (TPSA) is 43.4 Å². The maximum atomic E-state index is 13.0. The summed E-state index contributed by atoms with van der Waals surface area (Å²) < 4.78 is 43.4. The Morgan fingerprint density at radius 1 is 1.25 bits per heavy atom. The van der Waals surface area contributed by atoms with Crippen molar-refractivity contribution in [2.45, 2.75) is 31.9 Å². The molecule has 110 valence electrons. The number of carbonyl (C=O) groups is 2. The molecule has 0 aliphatic heterocycles. The molecule has 0 aromatic heterocycles. The quantitative estimate of drug-likeness (QED) is 0.780. The third-order valence-electron chi connectivity index (χ3n) is 2.91. The second kappa shape index (κ2) is 6.54. The van der Waals surface area contributed by atoms with Gasteiger partial charge >= 0.3 is 12.1 Å². The van der Waals surface area contributed by atoms with Gasteiger partial charge in [0.1, 0.15) is 5.78 Å². The van der Waals surface area contributed by atoms with Crippen LogP contribution in [0.1, 0.15) is 36.8 Å². The minimum atomic E-state index is -4.56. The molecular formula is C14H15F3O3. The van der Waals surface area contributed by atoms with Gasteiger partial charge in [-0.2, -0.15) is 13.2 Å². The highest BCUT2D eigenvalue weighted by Gasteiger charge is 2.36. The van der Waals surface area contributed by atoms with E-state index in [9.17, 15) is 22.8 Å². The first-order valence-electron chi connectivity index (χ1n) is 6.00. The van der Waals surface area contributed by atoms with Gasteiger partial charge in [-0.05, 0) is 25.0 Å². The fraction of sp³-hybridized carbons (Fsp3) is 0.429. The lowest BCUT2D eigenvalue weighted by molar-refractivity contribution is -0.144. The Balaban J connectivity index is 3.20. The number of hydrogen-bond donors (Lipinski definition) is 0. The lowest BCUT2D eigenvalue weighted by Crippen LogP contribution is -2.20. The molecule has 20 heavy (non-hydrogen) atoms. The minimum Gasteiger partial charge on any atom is -0.469 e. The van der Waals surface area contributed by atoms with Gasteiger partial charge in [0.25, 0.3) is 0 Å². The number of halogens is 3. The summed E-state index contributed by atoms with van der Waals surface area (Å²) in [6, 6.07) is 4.84. The zero-order valence-electron chi connectivity index (χ0n) is 11.2. The molecule has 0 bridgehead atoms. The van der Waals surface area contributed by atoms with Gasteiger partial charge in [0.15, 0.2) is 0 Å². The summed E-state index contributed by atoms with van der Waals surface area (Å²) in [5.41, 5.74) is -1.04. The highest BCUT2D eigenvalue weighted by molar-refractivity contribution is 5.81. The molecule has 0 heterocycles. The summed E-state index contributed by atoms with van der Waals surface area (Å²) in [5, 5.41) is 0. The van der Waals surface area contributed by atoms with E-state index in [0.29, 0.717) is 0 Å². The van der Waals surface area contributed by atoms with E-state index in [1.807, 2.05) is 0 Å². The maximum Gasteiger partial charge on any atom is 0.416 e. The molecule has 1 unspecified atom stereocenters. The first-order chi connectivity index (χ1) is 9.27. The van der Waals surface area contributed by atoms with Crippen molar-refractivity contribution in [2.75, 3.05) is 7.11 Å². The largest absolute Gasteiger partial charge is 0.469 e. The first kappa shape index (κ1) is 16.2. The average Bonchev–Trinajstić information content (AvgIpc) is 2.37. The molecule has 3 nitrogen and oxygen atoms in total. The lowest BCUT2D eigenvalue weighted by atomic mass is 9.89. The highest BCUT2D eigenvalue weighted by Crippen LogP contribution is 2.37. The molecule has 0 spiro atoms. The summed E-state index contributed by atoms with van der Waals surface area (Å²) in [6.45, 7) is 1.32. The van der Waals surface area contributed by atoms with Gasteiger partial charge in [-0.1, -0.05) is 18.2 Å². The predicted octanol–water partition coefficient (Wildman–Crippen LogP) is 3.33. The molecule has 0 amide bonds. The van der Waals surface area contributed by atoms with Gasteiger partial charge < -0.3 is 9.53 Å². The number of carbonyl (C=O) groups excluding carboxylic acids is 2. The van der Waals surface area contributed by atoms with Crippen LogP contribution in [-0.4, -0.2) is 18.9 Å². The number of methoxy groups -OCH3 is 1. The van der Waals surface area contributed by atoms with Gasteiger partial charge in [0.2, 0.25) is 0 Å². The molecule has 1 rings (SSSR count). The van der Waals surface area contributed by atoms with Crippen molar-refractivity contribution in [1.82, 2.24) is 0 Å². The van der Waals surface area contributed by atoms with Crippen molar-refractivity contribution >= 4 is 11.8 Å². The van der Waals surface area contributed by atoms with E-state index >= 15 is 0 Å². The number of ketones is 1. The van der Waals surface area contributed by atoms with Crippen LogP contribution < -0.4 is 0 Å². The van der Waals surface area contributed by atoms with E-state index in [4.69, 9.17) is 0 Å². The van der Waals surface area contributed by atoms with Crippen molar-refractivity contribution in [3.05, 3.63) is 35.4 Å². The third-order valence-corrected chi connectivity index (χ3v) is 2.91. The van der Waals surface area contributed by atoms with Gasteiger partial charge in [0.05, 0.1) is 18.6 Å². The number of alkyl halides is 3. The number of ether oxygens (including phenoxy) is 1. The van der Waals surface area contributed by atoms with E-state index in [-0.39, 0.29) is 24.2 Å². The third kappa shape index (κ3) is 4.08. The number of benzene rings is 1. The van der Waals surface area contributed by atoms with E-state index in [1.165, 1.54) is 25.1 Å². The number of Topliss-reactive ketones (excluding diaryl/α,β-unsaturated/α-hetero) is 1. The second-order valence-electron chi connectivity index (χ2n) is 4.40.